The van der Waals surface area contributed by atoms with Gasteiger partial charge in [0.1, 0.15) is 5.82 Å². The van der Waals surface area contributed by atoms with Gasteiger partial charge in [-0.3, -0.25) is 4.79 Å². The zero-order chi connectivity index (χ0) is 12.8. The molecule has 1 aromatic carbocycles. The average molecular weight is 234 g/mol. The van der Waals surface area contributed by atoms with Crippen LogP contribution in [0, 0.1) is 18.2 Å². The van der Waals surface area contributed by atoms with Crippen LogP contribution >= 0.6 is 0 Å². The van der Waals surface area contributed by atoms with Crippen molar-refractivity contribution in [3.05, 3.63) is 29.6 Å². The molecule has 0 aliphatic rings. The highest BCUT2D eigenvalue weighted by Gasteiger charge is 2.17. The number of anilines is 1. The van der Waals surface area contributed by atoms with Crippen LogP contribution in [0.1, 0.15) is 23.7 Å². The van der Waals surface area contributed by atoms with Crippen LogP contribution in [0.5, 0.6) is 0 Å². The number of carbonyl (C=O) groups is 1. The summed E-state index contributed by atoms with van der Waals surface area (Å²) in [6, 6.07) is 4.01. The summed E-state index contributed by atoms with van der Waals surface area (Å²) in [6.07, 6.45) is 5.95. The van der Waals surface area contributed by atoms with Gasteiger partial charge in [0.15, 0.2) is 0 Å². The molecule has 0 bridgehead atoms. The van der Waals surface area contributed by atoms with Crippen molar-refractivity contribution in [3.8, 4) is 12.3 Å². The summed E-state index contributed by atoms with van der Waals surface area (Å²) in [6.45, 7) is 2.61. The highest BCUT2D eigenvalue weighted by molar-refractivity contribution is 5.95. The molecule has 1 rings (SSSR count). The van der Waals surface area contributed by atoms with E-state index in [-0.39, 0.29) is 17.8 Å². The van der Waals surface area contributed by atoms with E-state index in [9.17, 15) is 9.18 Å². The predicted octanol–water partition coefficient (Wildman–Crippen LogP) is 1.89. The first-order chi connectivity index (χ1) is 8.10. The quantitative estimate of drug-likeness (QED) is 0.638. The molecule has 0 aliphatic carbocycles. The molecule has 90 valence electrons. The predicted molar refractivity (Wildman–Crippen MR) is 65.8 cm³/mol. The van der Waals surface area contributed by atoms with Crippen LogP contribution in [0.25, 0.3) is 0 Å². The summed E-state index contributed by atoms with van der Waals surface area (Å²) in [5, 5.41) is 0. The molecule has 0 aromatic heterocycles. The van der Waals surface area contributed by atoms with Gasteiger partial charge in [0.2, 0.25) is 0 Å². The number of nitrogens with zero attached hydrogens (tertiary/aromatic N) is 1. The first-order valence-corrected chi connectivity index (χ1v) is 5.38. The van der Waals surface area contributed by atoms with Gasteiger partial charge < -0.3 is 10.6 Å². The first kappa shape index (κ1) is 13.0. The second kappa shape index (κ2) is 5.90. The van der Waals surface area contributed by atoms with Gasteiger partial charge in [-0.05, 0) is 24.6 Å². The zero-order valence-corrected chi connectivity index (χ0v) is 9.74. The molecule has 0 saturated carbocycles. The number of carbonyl (C=O) groups excluding carboxylic acids is 1. The third kappa shape index (κ3) is 3.22. The number of rotatable bonds is 4. The molecule has 0 unspecified atom stereocenters. The Labute approximate surface area is 100 Å². The second-order valence-electron chi connectivity index (χ2n) is 3.67. The van der Waals surface area contributed by atoms with Crippen molar-refractivity contribution in [3.63, 3.8) is 0 Å². The first-order valence-electron chi connectivity index (χ1n) is 5.38. The van der Waals surface area contributed by atoms with Gasteiger partial charge in [-0.2, -0.15) is 0 Å². The largest absolute Gasteiger partial charge is 0.399 e. The minimum absolute atomic E-state index is 0.00269. The molecular weight excluding hydrogens is 219 g/mol. The average Bonchev–Trinajstić information content (AvgIpc) is 2.28. The maximum Gasteiger partial charge on any atom is 0.257 e. The van der Waals surface area contributed by atoms with Crippen molar-refractivity contribution in [1.29, 1.82) is 0 Å². The zero-order valence-electron chi connectivity index (χ0n) is 9.74. The van der Waals surface area contributed by atoms with E-state index in [1.807, 2.05) is 6.92 Å². The lowest BCUT2D eigenvalue weighted by molar-refractivity contribution is 0.0772. The Hall–Kier alpha value is -2.02. The Morgan fingerprint density at radius 2 is 2.29 bits per heavy atom. The maximum atomic E-state index is 13.6. The van der Waals surface area contributed by atoms with Crippen LogP contribution < -0.4 is 5.73 Å². The van der Waals surface area contributed by atoms with Gasteiger partial charge in [-0.1, -0.05) is 12.8 Å². The smallest absolute Gasteiger partial charge is 0.257 e. The van der Waals surface area contributed by atoms with Gasteiger partial charge >= 0.3 is 0 Å². The third-order valence-corrected chi connectivity index (χ3v) is 2.29. The molecule has 0 heterocycles. The lowest BCUT2D eigenvalue weighted by atomic mass is 10.1. The minimum atomic E-state index is -0.617. The molecule has 3 nitrogen and oxygen atoms in total. The lowest BCUT2D eigenvalue weighted by Gasteiger charge is -2.19. The van der Waals surface area contributed by atoms with Crippen molar-refractivity contribution in [2.75, 3.05) is 18.8 Å². The fraction of sp³-hybridized carbons (Fsp3) is 0.308. The second-order valence-corrected chi connectivity index (χ2v) is 3.67. The molecule has 0 atom stereocenters. The minimum Gasteiger partial charge on any atom is -0.399 e. The van der Waals surface area contributed by atoms with Gasteiger partial charge in [-0.15, -0.1) is 6.42 Å². The number of hydrogen-bond donors (Lipinski definition) is 1. The summed E-state index contributed by atoms with van der Waals surface area (Å²) in [7, 11) is 0. The molecule has 1 amide bonds. The number of terminal acetylenes is 1. The van der Waals surface area contributed by atoms with Gasteiger partial charge in [0, 0.05) is 12.2 Å². The van der Waals surface area contributed by atoms with E-state index in [0.29, 0.717) is 6.54 Å². The van der Waals surface area contributed by atoms with Crippen LogP contribution in [-0.2, 0) is 0 Å². The number of nitrogen functional groups attached to an aromatic ring is 1. The third-order valence-electron chi connectivity index (χ3n) is 2.29. The van der Waals surface area contributed by atoms with E-state index in [1.54, 1.807) is 0 Å². The molecule has 0 fully saturated rings. The molecule has 0 radical (unpaired) electrons. The van der Waals surface area contributed by atoms with E-state index in [2.05, 4.69) is 5.92 Å². The summed E-state index contributed by atoms with van der Waals surface area (Å²) in [5.74, 6) is 1.37. The summed E-state index contributed by atoms with van der Waals surface area (Å²) in [5.41, 5.74) is 5.72. The Balaban J connectivity index is 2.97. The van der Waals surface area contributed by atoms with Crippen molar-refractivity contribution < 1.29 is 9.18 Å². The molecule has 0 spiro atoms. The Morgan fingerprint density at radius 1 is 1.59 bits per heavy atom. The number of benzene rings is 1. The number of nitrogens with two attached hydrogens (primary N) is 1. The maximum absolute atomic E-state index is 13.6. The fourth-order valence-corrected chi connectivity index (χ4v) is 1.51. The molecule has 0 aliphatic heterocycles. The summed E-state index contributed by atoms with van der Waals surface area (Å²) < 4.78 is 13.6. The topological polar surface area (TPSA) is 46.3 Å². The monoisotopic (exact) mass is 234 g/mol. The van der Waals surface area contributed by atoms with E-state index in [1.165, 1.54) is 17.0 Å². The van der Waals surface area contributed by atoms with E-state index >= 15 is 0 Å². The number of halogens is 1. The van der Waals surface area contributed by atoms with Gasteiger partial charge in [0.25, 0.3) is 5.91 Å². The van der Waals surface area contributed by atoms with Crippen LogP contribution in [0.2, 0.25) is 0 Å². The van der Waals surface area contributed by atoms with Crippen molar-refractivity contribution >= 4 is 11.6 Å². The SMILES string of the molecule is C#CCN(CCC)C(=O)c1ccc(N)cc1F. The normalized spacial score (nSPS) is 9.71. The molecule has 4 heteroatoms. The summed E-state index contributed by atoms with van der Waals surface area (Å²) >= 11 is 0. The van der Waals surface area contributed by atoms with Crippen molar-refractivity contribution in [2.24, 2.45) is 0 Å². The number of hydrogen-bond acceptors (Lipinski definition) is 2. The van der Waals surface area contributed by atoms with Gasteiger partial charge in [0.05, 0.1) is 12.1 Å². The fourth-order valence-electron chi connectivity index (χ4n) is 1.51. The molecule has 2 N–H and O–H groups in total. The molecule has 0 saturated heterocycles. The van der Waals surface area contributed by atoms with Gasteiger partial charge in [-0.25, -0.2) is 4.39 Å². The van der Waals surface area contributed by atoms with Crippen LogP contribution in [-0.4, -0.2) is 23.9 Å². The van der Waals surface area contributed by atoms with Crippen LogP contribution in [0.3, 0.4) is 0 Å². The Kier molecular flexibility index (Phi) is 4.53. The van der Waals surface area contributed by atoms with E-state index in [0.717, 1.165) is 12.5 Å². The number of amides is 1. The van der Waals surface area contributed by atoms with Crippen LogP contribution in [0.4, 0.5) is 10.1 Å². The highest BCUT2D eigenvalue weighted by Crippen LogP contribution is 2.14. The summed E-state index contributed by atoms with van der Waals surface area (Å²) in [4.78, 5) is 13.4. The van der Waals surface area contributed by atoms with Crippen molar-refractivity contribution in [2.45, 2.75) is 13.3 Å². The standard InChI is InChI=1S/C13H15FN2O/c1-3-7-16(8-4-2)13(17)11-6-5-10(15)9-12(11)14/h1,5-6,9H,4,7-8,15H2,2H3. The van der Waals surface area contributed by atoms with Crippen LogP contribution in [0.15, 0.2) is 18.2 Å². The molecule has 1 aromatic rings. The Morgan fingerprint density at radius 3 is 2.82 bits per heavy atom. The Bertz CT molecular complexity index is 451. The van der Waals surface area contributed by atoms with E-state index < -0.39 is 11.7 Å². The lowest BCUT2D eigenvalue weighted by Crippen LogP contribution is -2.32. The highest BCUT2D eigenvalue weighted by atomic mass is 19.1. The molecule has 17 heavy (non-hydrogen) atoms. The van der Waals surface area contributed by atoms with E-state index in [4.69, 9.17) is 12.2 Å². The molecular formula is C13H15FN2O. The van der Waals surface area contributed by atoms with Crippen molar-refractivity contribution in [1.82, 2.24) is 4.90 Å².